The van der Waals surface area contributed by atoms with Gasteiger partial charge in [-0.05, 0) is 18.6 Å². The Labute approximate surface area is 177 Å². The molecule has 0 bridgehead atoms. The van der Waals surface area contributed by atoms with E-state index in [0.717, 1.165) is 12.8 Å². The third kappa shape index (κ3) is 12.8. The van der Waals surface area contributed by atoms with E-state index >= 15 is 0 Å². The van der Waals surface area contributed by atoms with Crippen LogP contribution in [0.25, 0.3) is 0 Å². The Morgan fingerprint density at radius 2 is 1.25 bits per heavy atom. The van der Waals surface area contributed by atoms with Crippen molar-refractivity contribution in [3.8, 4) is 0 Å². The first-order valence-corrected chi connectivity index (χ1v) is 10.0. The predicted octanol–water partition coefficient (Wildman–Crippen LogP) is 5.04. The molecule has 135 valence electrons. The van der Waals surface area contributed by atoms with Gasteiger partial charge in [-0.25, -0.2) is 0 Å². The van der Waals surface area contributed by atoms with E-state index in [9.17, 15) is 8.42 Å². The van der Waals surface area contributed by atoms with Crippen LogP contribution in [0.15, 0.2) is 35.2 Å². The van der Waals surface area contributed by atoms with Crippen LogP contribution in [0, 0.1) is 0 Å². The molecule has 0 aliphatic rings. The average Bonchev–Trinajstić information content (AvgIpc) is 2.53. The van der Waals surface area contributed by atoms with Gasteiger partial charge in [0.2, 0.25) is 0 Å². The van der Waals surface area contributed by atoms with Crippen molar-refractivity contribution in [2.24, 2.45) is 0 Å². The van der Waals surface area contributed by atoms with Gasteiger partial charge in [-0.3, -0.25) is 4.18 Å². The van der Waals surface area contributed by atoms with Crippen molar-refractivity contribution in [2.45, 2.75) is 76.0 Å². The summed E-state index contributed by atoms with van der Waals surface area (Å²) in [6.45, 7) is 2.52. The van der Waals surface area contributed by atoms with E-state index in [4.69, 9.17) is 4.18 Å². The van der Waals surface area contributed by atoms with E-state index < -0.39 is 10.1 Å². The Balaban J connectivity index is 0. The number of rotatable bonds is 13. The van der Waals surface area contributed by atoms with Gasteiger partial charge in [0.05, 0.1) is 11.5 Å². The minimum absolute atomic E-state index is 0. The normalized spacial score (nSPS) is 10.7. The largest absolute Gasteiger partial charge is 0.296 e. The first-order valence-electron chi connectivity index (χ1n) is 8.61. The minimum Gasteiger partial charge on any atom is -0.266 e. The molecule has 0 N–H and O–H groups in total. The number of hydrogen-bond donors (Lipinski definition) is 0. The SMILES string of the molecule is CCCCCCCCCCCCOS(=O)(=O)c1ccccc1.S.[Na]. The van der Waals surface area contributed by atoms with Crippen molar-refractivity contribution >= 4 is 53.2 Å². The molecule has 24 heavy (non-hydrogen) atoms. The molecule has 0 atom stereocenters. The molecule has 0 aliphatic heterocycles. The molecule has 0 unspecified atom stereocenters. The van der Waals surface area contributed by atoms with Crippen LogP contribution in [0.2, 0.25) is 0 Å². The van der Waals surface area contributed by atoms with Crippen molar-refractivity contribution in [3.63, 3.8) is 0 Å². The molecule has 1 aromatic carbocycles. The van der Waals surface area contributed by atoms with Crippen molar-refractivity contribution in [1.82, 2.24) is 0 Å². The van der Waals surface area contributed by atoms with Gasteiger partial charge < -0.3 is 0 Å². The fourth-order valence-corrected chi connectivity index (χ4v) is 3.38. The molecule has 1 rings (SSSR count). The van der Waals surface area contributed by atoms with E-state index in [1.54, 1.807) is 30.3 Å². The van der Waals surface area contributed by atoms with E-state index in [2.05, 4.69) is 6.92 Å². The summed E-state index contributed by atoms with van der Waals surface area (Å²) in [5.74, 6) is 0. The second-order valence-electron chi connectivity index (χ2n) is 5.77. The van der Waals surface area contributed by atoms with Crippen molar-refractivity contribution in [3.05, 3.63) is 30.3 Å². The van der Waals surface area contributed by atoms with Crippen LogP contribution in [0.1, 0.15) is 71.1 Å². The Hall–Kier alpha value is 0.480. The van der Waals surface area contributed by atoms with Crippen LogP contribution < -0.4 is 0 Å². The fraction of sp³-hybridized carbons (Fsp3) is 0.667. The maximum atomic E-state index is 11.9. The summed E-state index contributed by atoms with van der Waals surface area (Å²) in [6, 6.07) is 8.33. The van der Waals surface area contributed by atoms with E-state index in [-0.39, 0.29) is 54.6 Å². The van der Waals surface area contributed by atoms with Gasteiger partial charge in [-0.2, -0.15) is 21.9 Å². The zero-order valence-corrected chi connectivity index (χ0v) is 19.1. The van der Waals surface area contributed by atoms with Gasteiger partial charge in [0.1, 0.15) is 0 Å². The van der Waals surface area contributed by atoms with Crippen LogP contribution in [0.4, 0.5) is 0 Å². The van der Waals surface area contributed by atoms with Crippen LogP contribution in [0.3, 0.4) is 0 Å². The first-order chi connectivity index (χ1) is 10.7. The molecular formula is C18H32NaO3S2. The molecule has 0 saturated carbocycles. The van der Waals surface area contributed by atoms with Crippen molar-refractivity contribution < 1.29 is 12.6 Å². The van der Waals surface area contributed by atoms with E-state index in [0.29, 0.717) is 0 Å². The monoisotopic (exact) mass is 383 g/mol. The van der Waals surface area contributed by atoms with Crippen LogP contribution in [0.5, 0.6) is 0 Å². The molecule has 3 nitrogen and oxygen atoms in total. The van der Waals surface area contributed by atoms with Gasteiger partial charge in [0.15, 0.2) is 0 Å². The Bertz CT molecular complexity index is 478. The Kier molecular flexibility index (Phi) is 18.8. The molecule has 0 aromatic heterocycles. The zero-order valence-electron chi connectivity index (χ0n) is 15.3. The molecule has 6 heteroatoms. The van der Waals surface area contributed by atoms with Gasteiger partial charge >= 0.3 is 0 Å². The van der Waals surface area contributed by atoms with Gasteiger partial charge in [-0.1, -0.05) is 82.9 Å². The second-order valence-corrected chi connectivity index (χ2v) is 7.39. The van der Waals surface area contributed by atoms with Crippen LogP contribution >= 0.6 is 13.5 Å². The predicted molar refractivity (Wildman–Crippen MR) is 108 cm³/mol. The summed E-state index contributed by atoms with van der Waals surface area (Å²) in [4.78, 5) is 0.238. The average molecular weight is 384 g/mol. The molecule has 0 spiro atoms. The van der Waals surface area contributed by atoms with Crippen LogP contribution in [-0.2, 0) is 14.3 Å². The summed E-state index contributed by atoms with van der Waals surface area (Å²) in [6.07, 6.45) is 12.3. The molecule has 0 fully saturated rings. The quantitative estimate of drug-likeness (QED) is 0.272. The molecular weight excluding hydrogens is 351 g/mol. The minimum atomic E-state index is -3.57. The molecule has 1 aromatic rings. The standard InChI is InChI=1S/C18H30O3S.Na.H2S/c1-2-3-4-5-6-7-8-9-10-14-17-21-22(19,20)18-15-12-11-13-16-18;;/h11-13,15-16H,2-10,14,17H2,1H3;;1H2. The number of unbranched alkanes of at least 4 members (excludes halogenated alkanes) is 9. The maximum Gasteiger partial charge on any atom is 0.296 e. The summed E-state index contributed by atoms with van der Waals surface area (Å²) in [5.41, 5.74) is 0. The van der Waals surface area contributed by atoms with Crippen LogP contribution in [-0.4, -0.2) is 44.6 Å². The van der Waals surface area contributed by atoms with Gasteiger partial charge in [-0.15, -0.1) is 0 Å². The topological polar surface area (TPSA) is 43.4 Å². The Morgan fingerprint density at radius 3 is 1.75 bits per heavy atom. The number of benzene rings is 1. The third-order valence-corrected chi connectivity index (χ3v) is 5.09. The van der Waals surface area contributed by atoms with E-state index in [1.807, 2.05) is 0 Å². The third-order valence-electron chi connectivity index (χ3n) is 3.77. The summed E-state index contributed by atoms with van der Waals surface area (Å²) >= 11 is 0. The summed E-state index contributed by atoms with van der Waals surface area (Å²) in [5, 5.41) is 0. The maximum absolute atomic E-state index is 11.9. The van der Waals surface area contributed by atoms with Gasteiger partial charge in [0, 0.05) is 29.6 Å². The fourth-order valence-electron chi connectivity index (χ4n) is 2.41. The first kappa shape index (κ1) is 26.7. The van der Waals surface area contributed by atoms with Gasteiger partial charge in [0.25, 0.3) is 10.1 Å². The smallest absolute Gasteiger partial charge is 0.266 e. The molecule has 1 radical (unpaired) electrons. The molecule has 0 aliphatic carbocycles. The molecule has 0 amide bonds. The van der Waals surface area contributed by atoms with E-state index in [1.165, 1.54) is 51.4 Å². The summed E-state index contributed by atoms with van der Waals surface area (Å²) in [7, 11) is -3.57. The number of hydrogen-bond acceptors (Lipinski definition) is 3. The molecule has 0 saturated heterocycles. The van der Waals surface area contributed by atoms with Crippen molar-refractivity contribution in [1.29, 1.82) is 0 Å². The Morgan fingerprint density at radius 1 is 0.792 bits per heavy atom. The summed E-state index contributed by atoms with van der Waals surface area (Å²) < 4.78 is 28.8. The second kappa shape index (κ2) is 16.9. The van der Waals surface area contributed by atoms with Crippen molar-refractivity contribution in [2.75, 3.05) is 6.61 Å². The zero-order chi connectivity index (χ0) is 16.1. The molecule has 0 heterocycles.